The Kier molecular flexibility index (Phi) is 3.77. The van der Waals surface area contributed by atoms with Crippen molar-refractivity contribution in [3.63, 3.8) is 0 Å². The van der Waals surface area contributed by atoms with E-state index in [4.69, 9.17) is 4.74 Å². The summed E-state index contributed by atoms with van der Waals surface area (Å²) in [5.41, 5.74) is 4.92. The van der Waals surface area contributed by atoms with Gasteiger partial charge in [-0.25, -0.2) is 5.01 Å². The maximum Gasteiger partial charge on any atom is 0.244 e. The Morgan fingerprint density at radius 3 is 2.86 bits per heavy atom. The normalized spacial score (nSPS) is 33.4. The van der Waals surface area contributed by atoms with Gasteiger partial charge in [0, 0.05) is 49.3 Å². The highest BCUT2D eigenvalue weighted by Crippen LogP contribution is 2.44. The van der Waals surface area contributed by atoms with E-state index in [1.165, 1.54) is 27.6 Å². The van der Waals surface area contributed by atoms with E-state index in [1.54, 1.807) is 0 Å². The zero-order chi connectivity index (χ0) is 19.8. The standard InChI is InChI=1S/C23H28N4O2/c1-23-9-15-10-24-20-5-3-4-18(21(15)20)19(23)8-14(11-25-23)22(28)26(2)27-12-16-6-7-17(13-27)29-16/h3-5,8,10,14,16-17,24-25H,6-7,9,11-13H2,1-2H3/t14-,16-,17+,23-/m1/s1. The van der Waals surface area contributed by atoms with Gasteiger partial charge >= 0.3 is 0 Å². The van der Waals surface area contributed by atoms with Crippen molar-refractivity contribution < 1.29 is 9.53 Å². The highest BCUT2D eigenvalue weighted by molar-refractivity contribution is 6.00. The van der Waals surface area contributed by atoms with Crippen LogP contribution >= 0.6 is 0 Å². The smallest absolute Gasteiger partial charge is 0.244 e. The van der Waals surface area contributed by atoms with Crippen LogP contribution in [-0.2, 0) is 16.0 Å². The largest absolute Gasteiger partial charge is 0.372 e. The third kappa shape index (κ3) is 2.62. The fourth-order valence-electron chi connectivity index (χ4n) is 5.80. The number of benzene rings is 1. The van der Waals surface area contributed by atoms with Crippen molar-refractivity contribution in [1.82, 2.24) is 20.3 Å². The van der Waals surface area contributed by atoms with Crippen LogP contribution in [0.5, 0.6) is 0 Å². The van der Waals surface area contributed by atoms with E-state index in [-0.39, 0.29) is 29.6 Å². The molecule has 2 fully saturated rings. The number of carbonyl (C=O) groups is 1. The lowest BCUT2D eigenvalue weighted by Crippen LogP contribution is -2.57. The highest BCUT2D eigenvalue weighted by Gasteiger charge is 2.42. The molecule has 0 unspecified atom stereocenters. The fourth-order valence-corrected chi connectivity index (χ4v) is 5.80. The SMILES string of the molecule is CN(C(=O)[C@@H]1C=C2c3cccc4[nH]cc(c34)C[C@@]2(C)NC1)N1C[C@H]2CC[C@@H](C1)O2. The predicted molar refractivity (Wildman–Crippen MR) is 112 cm³/mol. The van der Waals surface area contributed by atoms with Crippen LogP contribution in [0.2, 0.25) is 0 Å². The molecule has 2 N–H and O–H groups in total. The van der Waals surface area contributed by atoms with Crippen molar-refractivity contribution in [2.45, 2.75) is 43.9 Å². The zero-order valence-electron chi connectivity index (χ0n) is 17.1. The molecule has 152 valence electrons. The van der Waals surface area contributed by atoms with Crippen LogP contribution < -0.4 is 5.32 Å². The van der Waals surface area contributed by atoms with Gasteiger partial charge in [-0.05, 0) is 49.0 Å². The second kappa shape index (κ2) is 6.17. The van der Waals surface area contributed by atoms with Crippen molar-refractivity contribution in [1.29, 1.82) is 0 Å². The highest BCUT2D eigenvalue weighted by atomic mass is 16.5. The molecule has 0 spiro atoms. The number of ether oxygens (including phenoxy) is 1. The summed E-state index contributed by atoms with van der Waals surface area (Å²) < 4.78 is 5.94. The van der Waals surface area contributed by atoms with Crippen LogP contribution in [0, 0.1) is 5.92 Å². The number of aromatic amines is 1. The molecule has 6 nitrogen and oxygen atoms in total. The van der Waals surface area contributed by atoms with Crippen molar-refractivity contribution >= 4 is 22.4 Å². The predicted octanol–water partition coefficient (Wildman–Crippen LogP) is 2.32. The van der Waals surface area contributed by atoms with Gasteiger partial charge in [-0.1, -0.05) is 18.2 Å². The molecule has 4 atom stereocenters. The maximum absolute atomic E-state index is 13.4. The van der Waals surface area contributed by atoms with Crippen LogP contribution in [0.1, 0.15) is 30.9 Å². The fraction of sp³-hybridized carbons (Fsp3) is 0.522. The first kappa shape index (κ1) is 17.7. The van der Waals surface area contributed by atoms with Crippen molar-refractivity contribution in [2.75, 3.05) is 26.7 Å². The van der Waals surface area contributed by atoms with Crippen molar-refractivity contribution in [3.05, 3.63) is 41.6 Å². The molecule has 29 heavy (non-hydrogen) atoms. The van der Waals surface area contributed by atoms with Gasteiger partial charge in [0.05, 0.1) is 18.1 Å². The minimum Gasteiger partial charge on any atom is -0.372 e. The van der Waals surface area contributed by atoms with E-state index < -0.39 is 0 Å². The number of nitrogens with zero attached hydrogens (tertiary/aromatic N) is 2. The first-order valence-corrected chi connectivity index (χ1v) is 10.8. The van der Waals surface area contributed by atoms with Crippen LogP contribution in [0.3, 0.4) is 0 Å². The number of morpholine rings is 1. The van der Waals surface area contributed by atoms with Gasteiger partial charge in [-0.3, -0.25) is 9.80 Å². The molecule has 2 saturated heterocycles. The minimum absolute atomic E-state index is 0.128. The van der Waals surface area contributed by atoms with E-state index in [0.717, 1.165) is 32.4 Å². The number of nitrogens with one attached hydrogen (secondary N) is 2. The average molecular weight is 393 g/mol. The van der Waals surface area contributed by atoms with Gasteiger partial charge in [0.25, 0.3) is 0 Å². The Morgan fingerprint density at radius 2 is 2.07 bits per heavy atom. The van der Waals surface area contributed by atoms with E-state index in [9.17, 15) is 4.79 Å². The number of hydrazine groups is 1. The Hall–Kier alpha value is -2.15. The first-order chi connectivity index (χ1) is 14.0. The van der Waals surface area contributed by atoms with Crippen LogP contribution in [0.15, 0.2) is 30.5 Å². The summed E-state index contributed by atoms with van der Waals surface area (Å²) in [5, 5.41) is 9.07. The molecule has 1 aromatic heterocycles. The first-order valence-electron chi connectivity index (χ1n) is 10.8. The summed E-state index contributed by atoms with van der Waals surface area (Å²) >= 11 is 0. The van der Waals surface area contributed by atoms with Crippen LogP contribution in [0.4, 0.5) is 0 Å². The molecular formula is C23H28N4O2. The minimum atomic E-state index is -0.153. The number of hydrogen-bond donors (Lipinski definition) is 2. The maximum atomic E-state index is 13.4. The van der Waals surface area contributed by atoms with Gasteiger partial charge in [0.1, 0.15) is 0 Å². The molecule has 4 aliphatic rings. The van der Waals surface area contributed by atoms with Crippen molar-refractivity contribution in [2.24, 2.45) is 5.92 Å². The molecule has 2 bridgehead atoms. The van der Waals surface area contributed by atoms with Gasteiger partial charge in [-0.2, -0.15) is 0 Å². The second-order valence-corrected chi connectivity index (χ2v) is 9.31. The number of carbonyl (C=O) groups excluding carboxylic acids is 1. The lowest BCUT2D eigenvalue weighted by atomic mass is 9.72. The summed E-state index contributed by atoms with van der Waals surface area (Å²) in [5.74, 6) is 0.0136. The zero-order valence-corrected chi connectivity index (χ0v) is 17.1. The number of hydrogen-bond acceptors (Lipinski definition) is 4. The number of H-pyrrole nitrogens is 1. The van der Waals surface area contributed by atoms with Gasteiger partial charge < -0.3 is 15.0 Å². The van der Waals surface area contributed by atoms with Gasteiger partial charge in [0.15, 0.2) is 0 Å². The topological polar surface area (TPSA) is 60.6 Å². The third-order valence-electron chi connectivity index (χ3n) is 7.38. The van der Waals surface area contributed by atoms with Crippen LogP contribution in [0.25, 0.3) is 16.5 Å². The Labute approximate surface area is 170 Å². The molecule has 1 aliphatic carbocycles. The Balaban J connectivity index is 1.32. The van der Waals surface area contributed by atoms with E-state index in [0.29, 0.717) is 6.54 Å². The summed E-state index contributed by atoms with van der Waals surface area (Å²) in [6.45, 7) is 4.58. The molecule has 3 aliphatic heterocycles. The second-order valence-electron chi connectivity index (χ2n) is 9.31. The Morgan fingerprint density at radius 1 is 1.28 bits per heavy atom. The number of rotatable bonds is 2. The summed E-state index contributed by atoms with van der Waals surface area (Å²) in [6, 6.07) is 6.43. The molecule has 2 aromatic rings. The number of fused-ring (bicyclic) bond motifs is 4. The molecule has 0 radical (unpaired) electrons. The average Bonchev–Trinajstić information content (AvgIpc) is 3.29. The molecule has 0 saturated carbocycles. The molecule has 4 heterocycles. The lowest BCUT2D eigenvalue weighted by Gasteiger charge is -2.44. The Bertz CT molecular complexity index is 1020. The molecular weight excluding hydrogens is 364 g/mol. The lowest BCUT2D eigenvalue weighted by molar-refractivity contribution is -0.163. The third-order valence-corrected chi connectivity index (χ3v) is 7.38. The summed E-state index contributed by atoms with van der Waals surface area (Å²) in [7, 11) is 1.92. The molecule has 1 aromatic carbocycles. The summed E-state index contributed by atoms with van der Waals surface area (Å²) in [6.07, 6.45) is 8.08. The number of aromatic nitrogens is 1. The molecule has 6 rings (SSSR count). The van der Waals surface area contributed by atoms with E-state index in [1.807, 2.05) is 12.1 Å². The number of amides is 1. The van der Waals surface area contributed by atoms with Gasteiger partial charge in [-0.15, -0.1) is 0 Å². The van der Waals surface area contributed by atoms with Crippen molar-refractivity contribution in [3.8, 4) is 0 Å². The van der Waals surface area contributed by atoms with Gasteiger partial charge in [0.2, 0.25) is 5.91 Å². The van der Waals surface area contributed by atoms with Crippen LogP contribution in [-0.4, -0.2) is 65.3 Å². The van der Waals surface area contributed by atoms with E-state index in [2.05, 4.69) is 52.7 Å². The quantitative estimate of drug-likeness (QED) is 0.824. The monoisotopic (exact) mass is 392 g/mol. The molecule has 6 heteroatoms. The summed E-state index contributed by atoms with van der Waals surface area (Å²) in [4.78, 5) is 16.8. The molecule has 1 amide bonds. The van der Waals surface area contributed by atoms with E-state index >= 15 is 0 Å².